The summed E-state index contributed by atoms with van der Waals surface area (Å²) in [7, 11) is 0. The highest BCUT2D eigenvalue weighted by Crippen LogP contribution is 2.21. The molecule has 0 radical (unpaired) electrons. The number of thiazole rings is 1. The van der Waals surface area contributed by atoms with Gasteiger partial charge in [0, 0.05) is 43.2 Å². The van der Waals surface area contributed by atoms with Crippen LogP contribution in [0.5, 0.6) is 0 Å². The van der Waals surface area contributed by atoms with Crippen molar-refractivity contribution < 1.29 is 18.8 Å². The van der Waals surface area contributed by atoms with Gasteiger partial charge in [-0.25, -0.2) is 9.37 Å². The molecule has 0 unspecified atom stereocenters. The average Bonchev–Trinajstić information content (AvgIpc) is 3.34. The van der Waals surface area contributed by atoms with Gasteiger partial charge in [-0.2, -0.15) is 0 Å². The molecule has 1 aliphatic heterocycles. The van der Waals surface area contributed by atoms with Crippen molar-refractivity contribution in [2.45, 2.75) is 26.3 Å². The van der Waals surface area contributed by atoms with Gasteiger partial charge in [0.25, 0.3) is 5.91 Å². The third kappa shape index (κ3) is 6.71. The molecule has 1 saturated heterocycles. The molecule has 3 amide bonds. The molecule has 10 heteroatoms. The molecular formula is C27H30FN5O3S. The Morgan fingerprint density at radius 3 is 2.38 bits per heavy atom. The second-order valence-electron chi connectivity index (χ2n) is 9.08. The molecule has 37 heavy (non-hydrogen) atoms. The first-order valence-corrected chi connectivity index (χ1v) is 13.1. The van der Waals surface area contributed by atoms with Gasteiger partial charge < -0.3 is 20.0 Å². The number of amides is 3. The van der Waals surface area contributed by atoms with Crippen molar-refractivity contribution in [1.29, 1.82) is 0 Å². The summed E-state index contributed by atoms with van der Waals surface area (Å²) in [6.45, 7) is 5.72. The first-order valence-electron chi connectivity index (χ1n) is 12.2. The van der Waals surface area contributed by atoms with Crippen LogP contribution in [0.15, 0.2) is 60.0 Å². The van der Waals surface area contributed by atoms with Crippen LogP contribution in [-0.2, 0) is 16.0 Å². The number of aromatic nitrogens is 1. The summed E-state index contributed by atoms with van der Waals surface area (Å²) in [5.74, 6) is -0.892. The maximum Gasteiger partial charge on any atom is 0.254 e. The highest BCUT2D eigenvalue weighted by atomic mass is 32.1. The molecule has 0 saturated carbocycles. The standard InChI is InChI=1S/C27H30FN5O3S/c1-19(2)33(26(36)20-8-4-3-5-9-20)17-24(34)30-27-29-21(18-37-27)16-25(35)32-14-12-31(13-15-32)23-11-7-6-10-22(23)28/h3-11,18-19H,12-17H2,1-2H3,(H,29,30,34). The minimum atomic E-state index is -0.352. The zero-order valence-corrected chi connectivity index (χ0v) is 21.7. The number of benzene rings is 2. The van der Waals surface area contributed by atoms with Gasteiger partial charge in [-0.3, -0.25) is 14.4 Å². The number of hydrogen-bond donors (Lipinski definition) is 1. The predicted molar refractivity (Wildman–Crippen MR) is 142 cm³/mol. The van der Waals surface area contributed by atoms with Crippen LogP contribution in [-0.4, -0.2) is 71.3 Å². The lowest BCUT2D eigenvalue weighted by Crippen LogP contribution is -2.49. The molecule has 194 valence electrons. The Morgan fingerprint density at radius 2 is 1.70 bits per heavy atom. The Balaban J connectivity index is 1.28. The molecule has 0 atom stereocenters. The molecule has 8 nitrogen and oxygen atoms in total. The van der Waals surface area contributed by atoms with Crippen molar-refractivity contribution in [1.82, 2.24) is 14.8 Å². The summed E-state index contributed by atoms with van der Waals surface area (Å²) in [6, 6.07) is 15.3. The third-order valence-electron chi connectivity index (χ3n) is 6.17. The lowest BCUT2D eigenvalue weighted by Gasteiger charge is -2.36. The van der Waals surface area contributed by atoms with Crippen LogP contribution in [0.2, 0.25) is 0 Å². The lowest BCUT2D eigenvalue weighted by atomic mass is 10.1. The quantitative estimate of drug-likeness (QED) is 0.487. The topological polar surface area (TPSA) is 85.8 Å². The minimum Gasteiger partial charge on any atom is -0.366 e. The predicted octanol–water partition coefficient (Wildman–Crippen LogP) is 3.66. The molecule has 3 aromatic rings. The van der Waals surface area contributed by atoms with E-state index in [1.165, 1.54) is 22.3 Å². The number of nitrogens with one attached hydrogen (secondary N) is 1. The number of halogens is 1. The molecule has 2 heterocycles. The van der Waals surface area contributed by atoms with Gasteiger partial charge >= 0.3 is 0 Å². The summed E-state index contributed by atoms with van der Waals surface area (Å²) in [5.41, 5.74) is 1.65. The van der Waals surface area contributed by atoms with Gasteiger partial charge in [-0.1, -0.05) is 30.3 Å². The molecule has 2 aromatic carbocycles. The summed E-state index contributed by atoms with van der Waals surface area (Å²) in [5, 5.41) is 4.87. The number of carbonyl (C=O) groups is 3. The molecule has 0 spiro atoms. The van der Waals surface area contributed by atoms with Crippen LogP contribution in [0.1, 0.15) is 29.9 Å². The number of piperazine rings is 1. The van der Waals surface area contributed by atoms with Crippen LogP contribution in [0.3, 0.4) is 0 Å². The van der Waals surface area contributed by atoms with Crippen molar-refractivity contribution in [3.63, 3.8) is 0 Å². The summed E-state index contributed by atoms with van der Waals surface area (Å²) >= 11 is 1.24. The van der Waals surface area contributed by atoms with Crippen LogP contribution in [0, 0.1) is 5.82 Å². The SMILES string of the molecule is CC(C)N(CC(=O)Nc1nc(CC(=O)N2CCN(c3ccccc3F)CC2)cs1)C(=O)c1ccccc1. The minimum absolute atomic E-state index is 0.0594. The Hall–Kier alpha value is -3.79. The van der Waals surface area contributed by atoms with E-state index in [1.54, 1.807) is 52.7 Å². The van der Waals surface area contributed by atoms with Gasteiger partial charge in [-0.05, 0) is 38.1 Å². The fourth-order valence-electron chi connectivity index (χ4n) is 4.17. The Morgan fingerprint density at radius 1 is 1.03 bits per heavy atom. The van der Waals surface area contributed by atoms with Crippen LogP contribution < -0.4 is 10.2 Å². The smallest absolute Gasteiger partial charge is 0.254 e. The van der Waals surface area contributed by atoms with Crippen molar-refractivity contribution in [3.8, 4) is 0 Å². The van der Waals surface area contributed by atoms with E-state index < -0.39 is 0 Å². The Labute approximate surface area is 219 Å². The first-order chi connectivity index (χ1) is 17.8. The van der Waals surface area contributed by atoms with Gasteiger partial charge in [-0.15, -0.1) is 11.3 Å². The monoisotopic (exact) mass is 523 g/mol. The maximum atomic E-state index is 14.1. The molecular weight excluding hydrogens is 493 g/mol. The average molecular weight is 524 g/mol. The van der Waals surface area contributed by atoms with E-state index in [1.807, 2.05) is 24.8 Å². The van der Waals surface area contributed by atoms with E-state index in [4.69, 9.17) is 0 Å². The van der Waals surface area contributed by atoms with Crippen molar-refractivity contribution in [2.24, 2.45) is 0 Å². The Kier molecular flexibility index (Phi) is 8.50. The fraction of sp³-hybridized carbons (Fsp3) is 0.333. The van der Waals surface area contributed by atoms with Gasteiger partial charge in [0.15, 0.2) is 5.13 Å². The molecule has 1 aromatic heterocycles. The second-order valence-corrected chi connectivity index (χ2v) is 9.94. The fourth-order valence-corrected chi connectivity index (χ4v) is 4.89. The van der Waals surface area contributed by atoms with Crippen LogP contribution in [0.4, 0.5) is 15.2 Å². The number of hydrogen-bond acceptors (Lipinski definition) is 6. The summed E-state index contributed by atoms with van der Waals surface area (Å²) in [4.78, 5) is 47.9. The van der Waals surface area contributed by atoms with E-state index in [0.717, 1.165) is 0 Å². The van der Waals surface area contributed by atoms with E-state index in [-0.39, 0.29) is 42.5 Å². The van der Waals surface area contributed by atoms with E-state index in [0.29, 0.717) is 48.3 Å². The number of carbonyl (C=O) groups excluding carboxylic acids is 3. The van der Waals surface area contributed by atoms with Gasteiger partial charge in [0.2, 0.25) is 11.8 Å². The second kappa shape index (κ2) is 12.0. The van der Waals surface area contributed by atoms with Gasteiger partial charge in [0.1, 0.15) is 12.4 Å². The molecule has 1 aliphatic rings. The van der Waals surface area contributed by atoms with Crippen molar-refractivity contribution in [3.05, 3.63) is 77.1 Å². The zero-order chi connectivity index (χ0) is 26.4. The number of nitrogens with zero attached hydrogens (tertiary/aromatic N) is 4. The van der Waals surface area contributed by atoms with Crippen LogP contribution in [0.25, 0.3) is 0 Å². The number of rotatable bonds is 8. The van der Waals surface area contributed by atoms with E-state index in [9.17, 15) is 18.8 Å². The summed E-state index contributed by atoms with van der Waals surface area (Å²) < 4.78 is 14.1. The third-order valence-corrected chi connectivity index (χ3v) is 6.98. The highest BCUT2D eigenvalue weighted by molar-refractivity contribution is 7.13. The van der Waals surface area contributed by atoms with Crippen molar-refractivity contribution >= 4 is 39.9 Å². The summed E-state index contributed by atoms with van der Waals surface area (Å²) in [6.07, 6.45) is 0.122. The van der Waals surface area contributed by atoms with E-state index >= 15 is 0 Å². The van der Waals surface area contributed by atoms with Crippen molar-refractivity contribution in [2.75, 3.05) is 42.9 Å². The highest BCUT2D eigenvalue weighted by Gasteiger charge is 2.24. The Bertz CT molecular complexity index is 1240. The number of anilines is 2. The molecule has 0 aliphatic carbocycles. The molecule has 4 rings (SSSR count). The van der Waals surface area contributed by atoms with E-state index in [2.05, 4.69) is 10.3 Å². The molecule has 0 bridgehead atoms. The molecule has 1 fully saturated rings. The van der Waals surface area contributed by atoms with Crippen LogP contribution >= 0.6 is 11.3 Å². The number of para-hydroxylation sites is 1. The zero-order valence-electron chi connectivity index (χ0n) is 20.9. The normalized spacial score (nSPS) is 13.5. The van der Waals surface area contributed by atoms with Gasteiger partial charge in [0.05, 0.1) is 17.8 Å². The maximum absolute atomic E-state index is 14.1. The first kappa shape index (κ1) is 26.3. The largest absolute Gasteiger partial charge is 0.366 e. The lowest BCUT2D eigenvalue weighted by molar-refractivity contribution is -0.130. The molecule has 1 N–H and O–H groups in total.